The van der Waals surface area contributed by atoms with Crippen molar-refractivity contribution in [3.8, 4) is 0 Å². The molecule has 0 bridgehead atoms. The van der Waals surface area contributed by atoms with E-state index in [-0.39, 0.29) is 6.04 Å². The lowest BCUT2D eigenvalue weighted by Crippen LogP contribution is -2.29. The number of hydrogen-bond donors (Lipinski definition) is 2. The Morgan fingerprint density at radius 1 is 1.62 bits per heavy atom. The van der Waals surface area contributed by atoms with E-state index in [0.717, 1.165) is 11.3 Å². The van der Waals surface area contributed by atoms with Crippen molar-refractivity contribution in [1.82, 2.24) is 5.43 Å². The van der Waals surface area contributed by atoms with Crippen molar-refractivity contribution in [3.05, 3.63) is 24.2 Å². The first kappa shape index (κ1) is 10.6. The van der Waals surface area contributed by atoms with Gasteiger partial charge in [0.05, 0.1) is 18.6 Å². The predicted octanol–water partition coefficient (Wildman–Crippen LogP) is 1.93. The Morgan fingerprint density at radius 3 is 2.85 bits per heavy atom. The summed E-state index contributed by atoms with van der Waals surface area (Å²) in [5, 5.41) is 0.628. The van der Waals surface area contributed by atoms with Gasteiger partial charge < -0.3 is 4.42 Å². The van der Waals surface area contributed by atoms with Crippen LogP contribution in [-0.2, 0) is 0 Å². The molecule has 1 aromatic rings. The second kappa shape index (κ2) is 5.32. The summed E-state index contributed by atoms with van der Waals surface area (Å²) in [6.45, 7) is 4.35. The largest absolute Gasteiger partial charge is 0.472 e. The van der Waals surface area contributed by atoms with Crippen LogP contribution in [0.4, 0.5) is 0 Å². The van der Waals surface area contributed by atoms with Gasteiger partial charge in [-0.1, -0.05) is 13.8 Å². The zero-order chi connectivity index (χ0) is 9.68. The highest BCUT2D eigenvalue weighted by Gasteiger charge is 2.11. The van der Waals surface area contributed by atoms with E-state index in [4.69, 9.17) is 10.3 Å². The minimum Gasteiger partial charge on any atom is -0.472 e. The van der Waals surface area contributed by atoms with Gasteiger partial charge in [0.2, 0.25) is 0 Å². The van der Waals surface area contributed by atoms with Crippen LogP contribution < -0.4 is 11.3 Å². The summed E-state index contributed by atoms with van der Waals surface area (Å²) in [6, 6.07) is 2.12. The SMILES string of the molecule is CC(C)SCC(NN)c1ccoc1. The van der Waals surface area contributed by atoms with Crippen LogP contribution in [0.5, 0.6) is 0 Å². The summed E-state index contributed by atoms with van der Waals surface area (Å²) >= 11 is 1.88. The van der Waals surface area contributed by atoms with Gasteiger partial charge in [0.1, 0.15) is 0 Å². The van der Waals surface area contributed by atoms with Gasteiger partial charge in [0.25, 0.3) is 0 Å². The Bertz CT molecular complexity index is 224. The lowest BCUT2D eigenvalue weighted by Gasteiger charge is -2.14. The zero-order valence-electron chi connectivity index (χ0n) is 7.99. The first-order valence-electron chi connectivity index (χ1n) is 4.34. The highest BCUT2D eigenvalue weighted by atomic mass is 32.2. The number of nitrogens with two attached hydrogens (primary N) is 1. The lowest BCUT2D eigenvalue weighted by molar-refractivity contribution is 0.548. The number of nitrogens with one attached hydrogen (secondary N) is 1. The molecular weight excluding hydrogens is 184 g/mol. The fraction of sp³-hybridized carbons (Fsp3) is 0.556. The molecule has 74 valence electrons. The molecule has 1 rings (SSSR count). The summed E-state index contributed by atoms with van der Waals surface area (Å²) in [6.07, 6.45) is 3.39. The summed E-state index contributed by atoms with van der Waals surface area (Å²) in [7, 11) is 0. The second-order valence-electron chi connectivity index (χ2n) is 3.16. The Balaban J connectivity index is 2.44. The Kier molecular flexibility index (Phi) is 4.35. The maximum Gasteiger partial charge on any atom is 0.0951 e. The Hall–Kier alpha value is -0.450. The van der Waals surface area contributed by atoms with Gasteiger partial charge in [0, 0.05) is 11.3 Å². The molecule has 3 N–H and O–H groups in total. The molecule has 3 nitrogen and oxygen atoms in total. The van der Waals surface area contributed by atoms with E-state index in [1.807, 2.05) is 17.8 Å². The van der Waals surface area contributed by atoms with Crippen molar-refractivity contribution in [2.45, 2.75) is 25.1 Å². The molecule has 0 aliphatic heterocycles. The first-order chi connectivity index (χ1) is 6.24. The molecule has 0 aliphatic carbocycles. The van der Waals surface area contributed by atoms with Gasteiger partial charge >= 0.3 is 0 Å². The topological polar surface area (TPSA) is 51.2 Å². The molecule has 1 unspecified atom stereocenters. The van der Waals surface area contributed by atoms with Crippen molar-refractivity contribution < 1.29 is 4.42 Å². The molecule has 0 fully saturated rings. The van der Waals surface area contributed by atoms with Crippen LogP contribution in [-0.4, -0.2) is 11.0 Å². The van der Waals surface area contributed by atoms with E-state index in [2.05, 4.69) is 19.3 Å². The molecule has 0 aromatic carbocycles. The molecule has 1 heterocycles. The van der Waals surface area contributed by atoms with Crippen molar-refractivity contribution in [2.24, 2.45) is 5.84 Å². The molecule has 0 saturated heterocycles. The molecule has 1 atom stereocenters. The maximum absolute atomic E-state index is 5.45. The minimum atomic E-state index is 0.186. The second-order valence-corrected chi connectivity index (χ2v) is 4.77. The van der Waals surface area contributed by atoms with Crippen LogP contribution in [0.3, 0.4) is 0 Å². The standard InChI is InChI=1S/C9H16N2OS/c1-7(2)13-6-9(11-10)8-3-4-12-5-8/h3-5,7,9,11H,6,10H2,1-2H3. The van der Waals surface area contributed by atoms with Crippen LogP contribution >= 0.6 is 11.8 Å². The molecule has 0 amide bonds. The molecule has 0 radical (unpaired) electrons. The van der Waals surface area contributed by atoms with Crippen molar-refractivity contribution >= 4 is 11.8 Å². The molecule has 0 aliphatic rings. The Morgan fingerprint density at radius 2 is 2.38 bits per heavy atom. The highest BCUT2D eigenvalue weighted by Crippen LogP contribution is 2.20. The van der Waals surface area contributed by atoms with Crippen LogP contribution in [0.1, 0.15) is 25.5 Å². The number of furan rings is 1. The van der Waals surface area contributed by atoms with Crippen LogP contribution in [0.2, 0.25) is 0 Å². The van der Waals surface area contributed by atoms with Gasteiger partial charge in [-0.25, -0.2) is 0 Å². The van der Waals surface area contributed by atoms with Crippen molar-refractivity contribution in [1.29, 1.82) is 0 Å². The smallest absolute Gasteiger partial charge is 0.0951 e. The van der Waals surface area contributed by atoms with E-state index in [0.29, 0.717) is 5.25 Å². The normalized spacial score (nSPS) is 13.5. The molecule has 0 saturated carbocycles. The molecule has 0 spiro atoms. The molecule has 13 heavy (non-hydrogen) atoms. The minimum absolute atomic E-state index is 0.186. The monoisotopic (exact) mass is 200 g/mol. The third kappa shape index (κ3) is 3.42. The molecule has 4 heteroatoms. The van der Waals surface area contributed by atoms with Crippen LogP contribution in [0.15, 0.2) is 23.0 Å². The number of rotatable bonds is 5. The maximum atomic E-state index is 5.45. The first-order valence-corrected chi connectivity index (χ1v) is 5.38. The quantitative estimate of drug-likeness (QED) is 0.563. The lowest BCUT2D eigenvalue weighted by atomic mass is 10.2. The van der Waals surface area contributed by atoms with Crippen molar-refractivity contribution in [2.75, 3.05) is 5.75 Å². The van der Waals surface area contributed by atoms with Crippen LogP contribution in [0, 0.1) is 0 Å². The van der Waals surface area contributed by atoms with Gasteiger partial charge in [-0.15, -0.1) is 0 Å². The summed E-state index contributed by atoms with van der Waals surface area (Å²) in [5.41, 5.74) is 3.89. The van der Waals surface area contributed by atoms with Gasteiger partial charge in [-0.2, -0.15) is 11.8 Å². The fourth-order valence-corrected chi connectivity index (χ4v) is 1.87. The number of hydrogen-bond acceptors (Lipinski definition) is 4. The van der Waals surface area contributed by atoms with Crippen LogP contribution in [0.25, 0.3) is 0 Å². The van der Waals surface area contributed by atoms with Crippen molar-refractivity contribution in [3.63, 3.8) is 0 Å². The summed E-state index contributed by atoms with van der Waals surface area (Å²) < 4.78 is 5.00. The fourth-order valence-electron chi connectivity index (χ4n) is 1.00. The van der Waals surface area contributed by atoms with Gasteiger partial charge in [-0.05, 0) is 11.3 Å². The number of hydrazine groups is 1. The third-order valence-corrected chi connectivity index (χ3v) is 2.94. The highest BCUT2D eigenvalue weighted by molar-refractivity contribution is 7.99. The third-order valence-electron chi connectivity index (χ3n) is 1.74. The molecular formula is C9H16N2OS. The molecule has 1 aromatic heterocycles. The summed E-state index contributed by atoms with van der Waals surface area (Å²) in [4.78, 5) is 0. The van der Waals surface area contributed by atoms with E-state index in [1.54, 1.807) is 12.5 Å². The van der Waals surface area contributed by atoms with Gasteiger partial charge in [-0.3, -0.25) is 11.3 Å². The average Bonchev–Trinajstić information content (AvgIpc) is 2.58. The van der Waals surface area contributed by atoms with E-state index >= 15 is 0 Å². The van der Waals surface area contributed by atoms with Gasteiger partial charge in [0.15, 0.2) is 0 Å². The Labute approximate surface area is 83.0 Å². The van der Waals surface area contributed by atoms with E-state index < -0.39 is 0 Å². The van der Waals surface area contributed by atoms with E-state index in [1.165, 1.54) is 0 Å². The summed E-state index contributed by atoms with van der Waals surface area (Å²) in [5.74, 6) is 6.41. The number of thioether (sulfide) groups is 1. The average molecular weight is 200 g/mol. The zero-order valence-corrected chi connectivity index (χ0v) is 8.80. The van der Waals surface area contributed by atoms with E-state index in [9.17, 15) is 0 Å². The predicted molar refractivity (Wildman–Crippen MR) is 56.4 cm³/mol.